The number of fused-ring (bicyclic) bond motifs is 3. The Labute approximate surface area is 161 Å². The SMILES string of the molecule is O=C(NNc1nc2cc3c(cc2s1)OCCO3)c1cc(=O)c2ccccc2o1. The van der Waals surface area contributed by atoms with Gasteiger partial charge in [-0.2, -0.15) is 0 Å². The van der Waals surface area contributed by atoms with Crippen molar-refractivity contribution in [3.8, 4) is 11.5 Å². The Morgan fingerprint density at radius 1 is 1.07 bits per heavy atom. The fourth-order valence-electron chi connectivity index (χ4n) is 2.91. The fourth-order valence-corrected chi connectivity index (χ4v) is 3.74. The van der Waals surface area contributed by atoms with Crippen LogP contribution in [0.1, 0.15) is 10.6 Å². The minimum absolute atomic E-state index is 0.0884. The number of rotatable bonds is 3. The first kappa shape index (κ1) is 16.6. The van der Waals surface area contributed by atoms with Crippen LogP contribution in [0.5, 0.6) is 11.5 Å². The lowest BCUT2D eigenvalue weighted by molar-refractivity contribution is 0.0935. The second kappa shape index (κ2) is 6.54. The molecule has 5 rings (SSSR count). The molecule has 0 unspecified atom stereocenters. The standard InChI is InChI=1S/C19H13N3O5S/c23-12-8-16(27-13-4-2-1-3-10(12)13)18(24)21-22-19-20-11-7-14-15(9-17(11)28-19)26-6-5-25-14/h1-4,7-9H,5-6H2,(H,20,22)(H,21,24). The molecule has 0 saturated carbocycles. The fraction of sp³-hybridized carbons (Fsp3) is 0.105. The molecular formula is C19H13N3O5S. The largest absolute Gasteiger partial charge is 0.486 e. The maximum atomic E-state index is 12.4. The lowest BCUT2D eigenvalue weighted by Crippen LogP contribution is -2.29. The smallest absolute Gasteiger partial charge is 0.305 e. The summed E-state index contributed by atoms with van der Waals surface area (Å²) in [4.78, 5) is 28.9. The molecule has 0 radical (unpaired) electrons. The first-order valence-corrected chi connectivity index (χ1v) is 9.28. The normalized spacial score (nSPS) is 12.9. The van der Waals surface area contributed by atoms with E-state index in [9.17, 15) is 9.59 Å². The summed E-state index contributed by atoms with van der Waals surface area (Å²) in [7, 11) is 0. The highest BCUT2D eigenvalue weighted by Crippen LogP contribution is 2.37. The number of hydrogen-bond donors (Lipinski definition) is 2. The Morgan fingerprint density at radius 3 is 2.71 bits per heavy atom. The summed E-state index contributed by atoms with van der Waals surface area (Å²) >= 11 is 1.35. The van der Waals surface area contributed by atoms with E-state index in [1.165, 1.54) is 17.4 Å². The molecule has 28 heavy (non-hydrogen) atoms. The van der Waals surface area contributed by atoms with Crippen molar-refractivity contribution in [3.63, 3.8) is 0 Å². The molecule has 2 N–H and O–H groups in total. The molecule has 1 amide bonds. The topological polar surface area (TPSA) is 103 Å². The van der Waals surface area contributed by atoms with Gasteiger partial charge in [-0.25, -0.2) is 4.98 Å². The van der Waals surface area contributed by atoms with Crippen LogP contribution in [0.3, 0.4) is 0 Å². The van der Waals surface area contributed by atoms with Gasteiger partial charge >= 0.3 is 5.91 Å². The monoisotopic (exact) mass is 395 g/mol. The highest BCUT2D eigenvalue weighted by atomic mass is 32.1. The third-order valence-corrected chi connectivity index (χ3v) is 5.13. The third-order valence-electron chi connectivity index (χ3n) is 4.19. The number of carbonyl (C=O) groups is 1. The van der Waals surface area contributed by atoms with Crippen LogP contribution in [0, 0.1) is 0 Å². The number of thiazole rings is 1. The summed E-state index contributed by atoms with van der Waals surface area (Å²) in [6, 6.07) is 11.6. The number of anilines is 1. The summed E-state index contributed by atoms with van der Waals surface area (Å²) in [6.45, 7) is 1.01. The van der Waals surface area contributed by atoms with Crippen LogP contribution < -0.4 is 25.8 Å². The minimum atomic E-state index is -0.576. The maximum absolute atomic E-state index is 12.4. The summed E-state index contributed by atoms with van der Waals surface area (Å²) < 4.78 is 17.5. The average Bonchev–Trinajstić information content (AvgIpc) is 3.11. The van der Waals surface area contributed by atoms with Crippen LogP contribution in [0.15, 0.2) is 51.7 Å². The van der Waals surface area contributed by atoms with Crippen molar-refractivity contribution < 1.29 is 18.7 Å². The molecule has 0 fully saturated rings. The molecule has 3 heterocycles. The van der Waals surface area contributed by atoms with E-state index in [4.69, 9.17) is 13.9 Å². The van der Waals surface area contributed by atoms with Crippen LogP contribution in [0.4, 0.5) is 5.13 Å². The van der Waals surface area contributed by atoms with Crippen LogP contribution in [0.2, 0.25) is 0 Å². The maximum Gasteiger partial charge on any atom is 0.305 e. The molecule has 0 bridgehead atoms. The van der Waals surface area contributed by atoms with Gasteiger partial charge in [-0.05, 0) is 12.1 Å². The van der Waals surface area contributed by atoms with Gasteiger partial charge in [-0.3, -0.25) is 20.4 Å². The van der Waals surface area contributed by atoms with Crippen molar-refractivity contribution in [1.29, 1.82) is 0 Å². The van der Waals surface area contributed by atoms with Crippen molar-refractivity contribution in [1.82, 2.24) is 10.4 Å². The Balaban J connectivity index is 1.37. The first-order valence-electron chi connectivity index (χ1n) is 8.47. The van der Waals surface area contributed by atoms with Crippen LogP contribution >= 0.6 is 11.3 Å². The predicted molar refractivity (Wildman–Crippen MR) is 104 cm³/mol. The molecule has 9 heteroatoms. The lowest BCUT2D eigenvalue weighted by atomic mass is 10.2. The number of hydrazine groups is 1. The number of hydrogen-bond acceptors (Lipinski definition) is 8. The Morgan fingerprint density at radius 2 is 1.86 bits per heavy atom. The predicted octanol–water partition coefficient (Wildman–Crippen LogP) is 2.93. The van der Waals surface area contributed by atoms with Crippen molar-refractivity contribution in [2.45, 2.75) is 0 Å². The Hall–Kier alpha value is -3.59. The van der Waals surface area contributed by atoms with Gasteiger partial charge in [0.05, 0.1) is 15.6 Å². The second-order valence-corrected chi connectivity index (χ2v) is 7.06. The van der Waals surface area contributed by atoms with Gasteiger partial charge in [0, 0.05) is 18.2 Å². The summed E-state index contributed by atoms with van der Waals surface area (Å²) in [5.41, 5.74) is 6.05. The second-order valence-electron chi connectivity index (χ2n) is 6.03. The van der Waals surface area contributed by atoms with E-state index in [2.05, 4.69) is 15.8 Å². The quantitative estimate of drug-likeness (QED) is 0.514. The number of carbonyl (C=O) groups excluding carboxylic acids is 1. The zero-order valence-electron chi connectivity index (χ0n) is 14.4. The molecule has 140 valence electrons. The summed E-state index contributed by atoms with van der Waals surface area (Å²) in [5.74, 6) is 0.663. The highest BCUT2D eigenvalue weighted by Gasteiger charge is 2.16. The molecule has 0 saturated heterocycles. The Bertz CT molecular complexity index is 1240. The van der Waals surface area contributed by atoms with Crippen LogP contribution in [-0.2, 0) is 0 Å². The number of para-hydroxylation sites is 1. The molecule has 0 spiro atoms. The van der Waals surface area contributed by atoms with E-state index in [0.29, 0.717) is 40.8 Å². The lowest BCUT2D eigenvalue weighted by Gasteiger charge is -2.17. The first-order chi connectivity index (χ1) is 13.7. The van der Waals surface area contributed by atoms with E-state index in [1.54, 1.807) is 30.3 Å². The van der Waals surface area contributed by atoms with Gasteiger partial charge in [0.25, 0.3) is 0 Å². The van der Waals surface area contributed by atoms with Crippen molar-refractivity contribution in [3.05, 3.63) is 58.4 Å². The molecule has 0 aliphatic carbocycles. The van der Waals surface area contributed by atoms with Gasteiger partial charge in [0.2, 0.25) is 5.13 Å². The molecular weight excluding hydrogens is 382 g/mol. The average molecular weight is 395 g/mol. The van der Waals surface area contributed by atoms with Crippen LogP contribution in [0.25, 0.3) is 21.2 Å². The third kappa shape index (κ3) is 2.91. The van der Waals surface area contributed by atoms with E-state index in [1.807, 2.05) is 6.07 Å². The molecule has 0 atom stereocenters. The van der Waals surface area contributed by atoms with Crippen molar-refractivity contribution in [2.75, 3.05) is 18.6 Å². The van der Waals surface area contributed by atoms with Crippen molar-refractivity contribution >= 4 is 43.6 Å². The Kier molecular flexibility index (Phi) is 3.87. The molecule has 2 aromatic carbocycles. The molecule has 1 aliphatic rings. The van der Waals surface area contributed by atoms with Crippen LogP contribution in [-0.4, -0.2) is 24.1 Å². The zero-order chi connectivity index (χ0) is 19.1. The van der Waals surface area contributed by atoms with E-state index in [-0.39, 0.29) is 11.2 Å². The molecule has 4 aromatic rings. The van der Waals surface area contributed by atoms with Gasteiger partial charge < -0.3 is 13.9 Å². The minimum Gasteiger partial charge on any atom is -0.486 e. The van der Waals surface area contributed by atoms with E-state index < -0.39 is 5.91 Å². The molecule has 2 aromatic heterocycles. The number of ether oxygens (including phenoxy) is 2. The van der Waals surface area contributed by atoms with Gasteiger partial charge in [0.15, 0.2) is 22.7 Å². The number of amides is 1. The molecule has 1 aliphatic heterocycles. The van der Waals surface area contributed by atoms with E-state index >= 15 is 0 Å². The zero-order valence-corrected chi connectivity index (χ0v) is 15.2. The number of nitrogens with one attached hydrogen (secondary N) is 2. The number of benzene rings is 2. The number of aromatic nitrogens is 1. The van der Waals surface area contributed by atoms with Gasteiger partial charge in [-0.15, -0.1) is 0 Å². The van der Waals surface area contributed by atoms with Gasteiger partial charge in [0.1, 0.15) is 18.8 Å². The summed E-state index contributed by atoms with van der Waals surface area (Å²) in [6.07, 6.45) is 0. The van der Waals surface area contributed by atoms with Gasteiger partial charge in [-0.1, -0.05) is 23.5 Å². The highest BCUT2D eigenvalue weighted by molar-refractivity contribution is 7.22. The van der Waals surface area contributed by atoms with Crippen molar-refractivity contribution in [2.24, 2.45) is 0 Å². The van der Waals surface area contributed by atoms with E-state index in [0.717, 1.165) is 10.2 Å². The number of nitrogens with zero attached hydrogens (tertiary/aromatic N) is 1. The summed E-state index contributed by atoms with van der Waals surface area (Å²) in [5, 5.41) is 0.903. The molecule has 8 nitrogen and oxygen atoms in total.